The Morgan fingerprint density at radius 2 is 1.83 bits per heavy atom. The number of hydrogen-bond donors (Lipinski definition) is 1. The summed E-state index contributed by atoms with van der Waals surface area (Å²) in [5.74, 6) is 1.55. The lowest BCUT2D eigenvalue weighted by atomic mass is 10.2. The fraction of sp³-hybridized carbons (Fsp3) is 0.846. The minimum atomic E-state index is 0.767. The van der Waals surface area contributed by atoms with E-state index < -0.39 is 0 Å². The van der Waals surface area contributed by atoms with Crippen LogP contribution < -0.4 is 10.6 Å². The van der Waals surface area contributed by atoms with Crippen LogP contribution in [0.2, 0.25) is 0 Å². The van der Waals surface area contributed by atoms with Crippen molar-refractivity contribution in [3.05, 3.63) is 5.89 Å². The molecule has 0 aliphatic carbocycles. The maximum Gasteiger partial charge on any atom is 0.266 e. The van der Waals surface area contributed by atoms with Gasteiger partial charge in [-0.2, -0.15) is 4.98 Å². The standard InChI is InChI=1S/C13H24N4O/c14-9-5-3-4-8-12-15-13(16-18-12)17-10-6-1-2-7-11-17/h1-11,14H2. The number of anilines is 1. The number of aryl methyl sites for hydroxylation is 1. The number of rotatable bonds is 6. The summed E-state index contributed by atoms with van der Waals surface area (Å²) in [5.41, 5.74) is 5.47. The molecule has 5 nitrogen and oxygen atoms in total. The summed E-state index contributed by atoms with van der Waals surface area (Å²) >= 11 is 0. The molecule has 1 fully saturated rings. The third kappa shape index (κ3) is 3.98. The van der Waals surface area contributed by atoms with Crippen LogP contribution in [0, 0.1) is 0 Å². The molecule has 1 aliphatic heterocycles. The predicted molar refractivity (Wildman–Crippen MR) is 71.6 cm³/mol. The molecule has 5 heteroatoms. The Balaban J connectivity index is 1.81. The molecule has 18 heavy (non-hydrogen) atoms. The number of nitrogens with two attached hydrogens (primary N) is 1. The van der Waals surface area contributed by atoms with E-state index in [0.717, 1.165) is 57.2 Å². The lowest BCUT2D eigenvalue weighted by molar-refractivity contribution is 0.373. The predicted octanol–water partition coefficient (Wildman–Crippen LogP) is 2.12. The molecule has 0 bridgehead atoms. The molecule has 1 aliphatic rings. The van der Waals surface area contributed by atoms with Crippen molar-refractivity contribution in [3.63, 3.8) is 0 Å². The van der Waals surface area contributed by atoms with Crippen molar-refractivity contribution in [3.8, 4) is 0 Å². The second kappa shape index (κ2) is 7.36. The molecule has 0 saturated carbocycles. The molecule has 0 radical (unpaired) electrons. The van der Waals surface area contributed by atoms with Crippen molar-refractivity contribution >= 4 is 5.95 Å². The van der Waals surface area contributed by atoms with Gasteiger partial charge in [0, 0.05) is 19.5 Å². The summed E-state index contributed by atoms with van der Waals surface area (Å²) in [5, 5.41) is 4.10. The van der Waals surface area contributed by atoms with E-state index in [0.29, 0.717) is 0 Å². The van der Waals surface area contributed by atoms with Gasteiger partial charge in [-0.1, -0.05) is 19.3 Å². The smallest absolute Gasteiger partial charge is 0.266 e. The van der Waals surface area contributed by atoms with Crippen molar-refractivity contribution in [1.29, 1.82) is 0 Å². The Morgan fingerprint density at radius 3 is 2.56 bits per heavy atom. The van der Waals surface area contributed by atoms with Crippen molar-refractivity contribution in [1.82, 2.24) is 10.1 Å². The SMILES string of the molecule is NCCCCCc1nc(N2CCCCCC2)no1. The molecule has 2 rings (SSSR count). The van der Waals surface area contributed by atoms with Crippen molar-refractivity contribution in [2.24, 2.45) is 5.73 Å². The largest absolute Gasteiger partial charge is 0.338 e. The quantitative estimate of drug-likeness (QED) is 0.785. The van der Waals surface area contributed by atoms with Crippen LogP contribution in [0.1, 0.15) is 50.8 Å². The van der Waals surface area contributed by atoms with Crippen LogP contribution in [0.15, 0.2) is 4.52 Å². The molecular formula is C13H24N4O. The first-order valence-electron chi connectivity index (χ1n) is 7.18. The monoisotopic (exact) mass is 252 g/mol. The first kappa shape index (κ1) is 13.3. The second-order valence-electron chi connectivity index (χ2n) is 4.99. The van der Waals surface area contributed by atoms with Gasteiger partial charge in [-0.3, -0.25) is 0 Å². The number of nitrogens with zero attached hydrogens (tertiary/aromatic N) is 3. The van der Waals surface area contributed by atoms with E-state index in [9.17, 15) is 0 Å². The zero-order valence-corrected chi connectivity index (χ0v) is 11.1. The molecular weight excluding hydrogens is 228 g/mol. The maximum absolute atomic E-state index is 5.47. The number of aromatic nitrogens is 2. The highest BCUT2D eigenvalue weighted by molar-refractivity contribution is 5.27. The van der Waals surface area contributed by atoms with Gasteiger partial charge < -0.3 is 15.2 Å². The molecule has 0 aromatic carbocycles. The summed E-state index contributed by atoms with van der Waals surface area (Å²) in [4.78, 5) is 6.74. The third-order valence-electron chi connectivity index (χ3n) is 3.44. The Bertz CT molecular complexity index is 331. The highest BCUT2D eigenvalue weighted by Gasteiger charge is 2.15. The lowest BCUT2D eigenvalue weighted by Crippen LogP contribution is -2.24. The number of unbranched alkanes of at least 4 members (excludes halogenated alkanes) is 2. The van der Waals surface area contributed by atoms with E-state index in [2.05, 4.69) is 15.0 Å². The van der Waals surface area contributed by atoms with E-state index in [4.69, 9.17) is 10.3 Å². The minimum absolute atomic E-state index is 0.767. The molecule has 0 atom stereocenters. The van der Waals surface area contributed by atoms with E-state index in [-0.39, 0.29) is 0 Å². The Labute approximate surface area is 109 Å². The molecule has 2 N–H and O–H groups in total. The van der Waals surface area contributed by atoms with Crippen LogP contribution in [0.25, 0.3) is 0 Å². The van der Waals surface area contributed by atoms with Gasteiger partial charge in [-0.15, -0.1) is 0 Å². The summed E-state index contributed by atoms with van der Waals surface area (Å²) in [6.07, 6.45) is 9.28. The van der Waals surface area contributed by atoms with Gasteiger partial charge in [0.05, 0.1) is 0 Å². The number of hydrogen-bond acceptors (Lipinski definition) is 5. The summed E-state index contributed by atoms with van der Waals surface area (Å²) in [6, 6.07) is 0. The van der Waals surface area contributed by atoms with Gasteiger partial charge in [0.25, 0.3) is 5.95 Å². The first-order valence-corrected chi connectivity index (χ1v) is 7.18. The molecule has 1 saturated heterocycles. The van der Waals surface area contributed by atoms with Crippen LogP contribution in [-0.2, 0) is 6.42 Å². The zero-order chi connectivity index (χ0) is 12.6. The molecule has 2 heterocycles. The molecule has 0 spiro atoms. The molecule has 0 unspecified atom stereocenters. The average Bonchev–Trinajstić information content (AvgIpc) is 2.69. The fourth-order valence-electron chi connectivity index (χ4n) is 2.34. The third-order valence-corrected chi connectivity index (χ3v) is 3.44. The van der Waals surface area contributed by atoms with E-state index in [1.807, 2.05) is 0 Å². The van der Waals surface area contributed by atoms with Gasteiger partial charge in [0.1, 0.15) is 0 Å². The van der Waals surface area contributed by atoms with E-state index in [1.165, 1.54) is 25.7 Å². The lowest BCUT2D eigenvalue weighted by Gasteiger charge is -2.16. The van der Waals surface area contributed by atoms with Gasteiger partial charge in [0.15, 0.2) is 0 Å². The summed E-state index contributed by atoms with van der Waals surface area (Å²) in [7, 11) is 0. The minimum Gasteiger partial charge on any atom is -0.338 e. The normalized spacial score (nSPS) is 16.8. The zero-order valence-electron chi connectivity index (χ0n) is 11.1. The summed E-state index contributed by atoms with van der Waals surface area (Å²) in [6.45, 7) is 2.89. The Hall–Kier alpha value is -1.10. The molecule has 102 valence electrons. The van der Waals surface area contributed by atoms with Crippen LogP contribution in [0.3, 0.4) is 0 Å². The van der Waals surface area contributed by atoms with Crippen molar-refractivity contribution in [2.75, 3.05) is 24.5 Å². The van der Waals surface area contributed by atoms with Crippen LogP contribution in [0.4, 0.5) is 5.95 Å². The molecule has 1 aromatic rings. The van der Waals surface area contributed by atoms with Gasteiger partial charge >= 0.3 is 0 Å². The van der Waals surface area contributed by atoms with Crippen LogP contribution in [-0.4, -0.2) is 29.8 Å². The van der Waals surface area contributed by atoms with Gasteiger partial charge in [0.2, 0.25) is 5.89 Å². The molecule has 0 amide bonds. The molecule has 1 aromatic heterocycles. The van der Waals surface area contributed by atoms with Crippen LogP contribution >= 0.6 is 0 Å². The maximum atomic E-state index is 5.47. The van der Waals surface area contributed by atoms with Crippen molar-refractivity contribution < 1.29 is 4.52 Å². The highest BCUT2D eigenvalue weighted by atomic mass is 16.5. The Kier molecular flexibility index (Phi) is 5.45. The average molecular weight is 252 g/mol. The topological polar surface area (TPSA) is 68.2 Å². The fourth-order valence-corrected chi connectivity index (χ4v) is 2.34. The van der Waals surface area contributed by atoms with Gasteiger partial charge in [-0.05, 0) is 37.4 Å². The highest BCUT2D eigenvalue weighted by Crippen LogP contribution is 2.16. The van der Waals surface area contributed by atoms with Crippen molar-refractivity contribution in [2.45, 2.75) is 51.4 Å². The Morgan fingerprint density at radius 1 is 1.06 bits per heavy atom. The summed E-state index contributed by atoms with van der Waals surface area (Å²) < 4.78 is 5.30. The first-order chi connectivity index (χ1) is 8.90. The van der Waals surface area contributed by atoms with Gasteiger partial charge in [-0.25, -0.2) is 0 Å². The van der Waals surface area contributed by atoms with Crippen LogP contribution in [0.5, 0.6) is 0 Å². The van der Waals surface area contributed by atoms with E-state index in [1.54, 1.807) is 0 Å². The second-order valence-corrected chi connectivity index (χ2v) is 4.99. The van der Waals surface area contributed by atoms with E-state index >= 15 is 0 Å².